The number of urea groups is 2. The molecule has 0 saturated carbocycles. The molecular weight excluding hydrogens is 873 g/mol. The molecule has 4 amide bonds. The Hall–Kier alpha value is -5.47. The van der Waals surface area contributed by atoms with Gasteiger partial charge in [0.2, 0.25) is 0 Å². The molecule has 6 rings (SSSR count). The van der Waals surface area contributed by atoms with Crippen LogP contribution in [0.4, 0.5) is 27.2 Å². The van der Waals surface area contributed by atoms with Gasteiger partial charge >= 0.3 is 18.0 Å². The minimum absolute atomic E-state index is 0.0307. The summed E-state index contributed by atoms with van der Waals surface area (Å²) in [4.78, 5) is 45.3. The summed E-state index contributed by atoms with van der Waals surface area (Å²) in [7, 11) is 4.07. The van der Waals surface area contributed by atoms with Gasteiger partial charge in [-0.05, 0) is 75.2 Å². The second kappa shape index (κ2) is 32.2. The number of hydrogen-bond donors (Lipinski definition) is 2. The molecule has 2 unspecified atom stereocenters. The average Bonchev–Trinajstić information content (AvgIpc) is 3.96. The summed E-state index contributed by atoms with van der Waals surface area (Å²) in [5.74, 6) is -3.08. The van der Waals surface area contributed by atoms with Crippen molar-refractivity contribution in [1.29, 1.82) is 0 Å². The molecule has 2 aliphatic rings. The number of benzene rings is 4. The lowest BCUT2D eigenvalue weighted by Gasteiger charge is -2.24. The van der Waals surface area contributed by atoms with Crippen molar-refractivity contribution in [2.24, 2.45) is 21.7 Å². The Balaban J connectivity index is 0.000000477. The zero-order valence-electron chi connectivity index (χ0n) is 37.5. The molecule has 350 valence electrons. The predicted molar refractivity (Wildman–Crippen MR) is 249 cm³/mol. The van der Waals surface area contributed by atoms with E-state index in [1.54, 1.807) is 0 Å². The first-order chi connectivity index (χ1) is 30.8. The highest BCUT2D eigenvalue weighted by Crippen LogP contribution is 2.35. The molecule has 4 N–H and O–H groups in total. The molecule has 4 aromatic rings. The second-order valence-corrected chi connectivity index (χ2v) is 14.7. The van der Waals surface area contributed by atoms with Crippen LogP contribution in [0.1, 0.15) is 71.4 Å². The minimum atomic E-state index is -0.698. The van der Waals surface area contributed by atoms with Crippen LogP contribution in [-0.4, -0.2) is 93.3 Å². The molecule has 2 aliphatic heterocycles. The quantitative estimate of drug-likeness (QED) is 0.123. The fourth-order valence-electron chi connectivity index (χ4n) is 4.93. The van der Waals surface area contributed by atoms with Crippen LogP contribution in [0.15, 0.2) is 119 Å². The highest BCUT2D eigenvalue weighted by molar-refractivity contribution is 8.15. The first-order valence-electron chi connectivity index (χ1n) is 20.5. The third kappa shape index (κ3) is 19.5. The van der Waals surface area contributed by atoms with Crippen molar-refractivity contribution in [2.75, 3.05) is 34.3 Å². The van der Waals surface area contributed by atoms with Crippen molar-refractivity contribution in [1.82, 2.24) is 20.1 Å². The summed E-state index contributed by atoms with van der Waals surface area (Å²) >= 11 is 2.33. The van der Waals surface area contributed by atoms with Gasteiger partial charge in [-0.1, -0.05) is 124 Å². The van der Waals surface area contributed by atoms with Crippen molar-refractivity contribution in [2.45, 2.75) is 71.0 Å². The van der Waals surface area contributed by atoms with Crippen LogP contribution in [0.25, 0.3) is 0 Å². The Bertz CT molecular complexity index is 1940. The number of hydrogen-bond acceptors (Lipinski definition) is 11. The lowest BCUT2D eigenvalue weighted by atomic mass is 10.2. The molecule has 0 aromatic heterocycles. The fourth-order valence-corrected chi connectivity index (χ4v) is 7.33. The zero-order valence-corrected chi connectivity index (χ0v) is 39.1. The zero-order chi connectivity index (χ0) is 48.0. The largest absolute Gasteiger partial charge is 0.374 e. The number of rotatable bonds is 9. The number of carbonyl (C=O) groups is 3. The van der Waals surface area contributed by atoms with E-state index in [-0.39, 0.29) is 26.6 Å². The average molecular weight is 933 g/mol. The van der Waals surface area contributed by atoms with Crippen LogP contribution in [0.5, 0.6) is 0 Å². The summed E-state index contributed by atoms with van der Waals surface area (Å²) in [5, 5.41) is 11.9. The molecule has 0 fully saturated rings. The van der Waals surface area contributed by atoms with Gasteiger partial charge in [0.05, 0.1) is 14.2 Å². The van der Waals surface area contributed by atoms with Gasteiger partial charge in [0, 0.05) is 25.1 Å². The van der Waals surface area contributed by atoms with E-state index >= 15 is 0 Å². The Morgan fingerprint density at radius 1 is 0.625 bits per heavy atom. The van der Waals surface area contributed by atoms with E-state index in [0.29, 0.717) is 38.8 Å². The van der Waals surface area contributed by atoms with Crippen molar-refractivity contribution in [3.8, 4) is 0 Å². The highest BCUT2D eigenvalue weighted by atomic mass is 32.2. The molecule has 13 nitrogen and oxygen atoms in total. The number of hydrazone groups is 2. The Labute approximate surface area is 382 Å². The molecule has 0 radical (unpaired) electrons. The van der Waals surface area contributed by atoms with Gasteiger partial charge in [0.1, 0.15) is 44.1 Å². The molecule has 64 heavy (non-hydrogen) atoms. The van der Waals surface area contributed by atoms with E-state index < -0.39 is 46.7 Å². The SMILES string of the molecule is CC.CC.CC(=O)ON(C)C(=O)N1N=C(c2cc(F)ccc2F)SC1CCCN.CON(C)C(=O)N1N=C(c2cc(F)ccc2F)SC1CCCN.c1ccccc1.c1ccccc1. The number of carbonyl (C=O) groups excluding carboxylic acids is 3. The normalized spacial score (nSPS) is 14.4. The van der Waals surface area contributed by atoms with Gasteiger partial charge in [0.25, 0.3) is 0 Å². The molecule has 2 atom stereocenters. The fraction of sp³-hybridized carbons (Fsp3) is 0.356. The van der Waals surface area contributed by atoms with E-state index in [4.69, 9.17) is 21.1 Å². The van der Waals surface area contributed by atoms with Crippen molar-refractivity contribution in [3.63, 3.8) is 0 Å². The number of thioether (sulfide) groups is 2. The van der Waals surface area contributed by atoms with Gasteiger partial charge in [0.15, 0.2) is 0 Å². The van der Waals surface area contributed by atoms with Crippen molar-refractivity contribution in [3.05, 3.63) is 144 Å². The topological polar surface area (TPSA) is 159 Å². The summed E-state index contributed by atoms with van der Waals surface area (Å²) in [6.07, 6.45) is 2.35. The number of nitrogens with zero attached hydrogens (tertiary/aromatic N) is 6. The van der Waals surface area contributed by atoms with Gasteiger partial charge in [-0.25, -0.2) is 32.2 Å². The first-order valence-corrected chi connectivity index (χ1v) is 22.2. The maximum Gasteiger partial charge on any atom is 0.374 e. The van der Waals surface area contributed by atoms with Gasteiger partial charge in [-0.3, -0.25) is 9.63 Å². The monoisotopic (exact) mass is 932 g/mol. The number of hydroxylamine groups is 4. The van der Waals surface area contributed by atoms with E-state index in [2.05, 4.69) is 10.2 Å². The molecule has 0 aliphatic carbocycles. The third-order valence-electron chi connectivity index (χ3n) is 7.87. The first kappa shape index (κ1) is 56.5. The van der Waals surface area contributed by atoms with Crippen LogP contribution in [0, 0.1) is 23.3 Å². The van der Waals surface area contributed by atoms with Crippen LogP contribution in [-0.2, 0) is 14.5 Å². The molecule has 0 spiro atoms. The standard InChI is InChI=1S/C15H18F2N4O3S.C14H18F2N4O2S.2C6H6.2C2H6/c1-9(22)24-20(2)15(23)21-13(4-3-7-18)25-14(19-21)11-8-10(16)5-6-12(11)17;1-19(22-2)14(21)20-12(4-3-7-17)23-13(18-20)10-8-9(15)5-6-11(10)16;2*1-2-4-6-5-3-1;2*1-2/h5-6,8,13H,3-4,7,18H2,1-2H3;5-6,8,12H,3-4,7,17H2,1-2H3;2*1-6H;2*1-2H3. The van der Waals surface area contributed by atoms with Crippen LogP contribution >= 0.6 is 23.5 Å². The molecule has 2 heterocycles. The lowest BCUT2D eigenvalue weighted by Crippen LogP contribution is -2.41. The Morgan fingerprint density at radius 3 is 1.25 bits per heavy atom. The van der Waals surface area contributed by atoms with Crippen molar-refractivity contribution < 1.29 is 41.6 Å². The summed E-state index contributed by atoms with van der Waals surface area (Å²) in [5.41, 5.74) is 11.0. The lowest BCUT2D eigenvalue weighted by molar-refractivity contribution is -0.171. The number of amides is 4. The summed E-state index contributed by atoms with van der Waals surface area (Å²) in [6.45, 7) is 10.0. The van der Waals surface area contributed by atoms with E-state index in [0.717, 1.165) is 70.2 Å². The summed E-state index contributed by atoms with van der Waals surface area (Å²) < 4.78 is 54.7. The molecule has 0 saturated heterocycles. The highest BCUT2D eigenvalue weighted by Gasteiger charge is 2.37. The molecular formula is C45H60F4N8O5S2. The van der Waals surface area contributed by atoms with Crippen LogP contribution in [0.2, 0.25) is 0 Å². The summed E-state index contributed by atoms with van der Waals surface area (Å²) in [6, 6.07) is 29.0. The van der Waals surface area contributed by atoms with Crippen LogP contribution in [0.3, 0.4) is 0 Å². The number of nitrogens with two attached hydrogens (primary N) is 2. The molecule has 19 heteroatoms. The van der Waals surface area contributed by atoms with E-state index in [1.165, 1.54) is 38.0 Å². The maximum absolute atomic E-state index is 14.0. The van der Waals surface area contributed by atoms with Crippen molar-refractivity contribution >= 4 is 51.6 Å². The predicted octanol–water partition coefficient (Wildman–Crippen LogP) is 10.0. The Morgan fingerprint density at radius 2 is 0.953 bits per heavy atom. The number of halogens is 4. The van der Waals surface area contributed by atoms with E-state index in [9.17, 15) is 31.9 Å². The van der Waals surface area contributed by atoms with Gasteiger partial charge < -0.3 is 16.3 Å². The van der Waals surface area contributed by atoms with Crippen LogP contribution < -0.4 is 11.5 Å². The van der Waals surface area contributed by atoms with Gasteiger partial charge in [-0.2, -0.15) is 25.3 Å². The third-order valence-corrected chi connectivity index (χ3v) is 10.3. The Kier molecular flexibility index (Phi) is 28.5. The minimum Gasteiger partial charge on any atom is -0.337 e. The van der Waals surface area contributed by atoms with E-state index in [1.807, 2.05) is 100 Å². The smallest absolute Gasteiger partial charge is 0.337 e. The molecule has 0 bridgehead atoms. The maximum atomic E-state index is 14.0. The molecule has 4 aromatic carbocycles. The second-order valence-electron chi connectivity index (χ2n) is 12.4. The van der Waals surface area contributed by atoms with Gasteiger partial charge in [-0.15, -0.1) is 0 Å².